The Morgan fingerprint density at radius 1 is 1.00 bits per heavy atom. The molecule has 0 radical (unpaired) electrons. The maximum Gasteiger partial charge on any atom is 0.416 e. The summed E-state index contributed by atoms with van der Waals surface area (Å²) < 4.78 is 38.8. The number of benzene rings is 2. The SMILES string of the molecule is CC(CC(=O)N1CCN(c2cccc(C(F)(F)F)c2)CC1)NC(=O)c1ccccc1. The second-order valence-electron chi connectivity index (χ2n) is 7.36. The summed E-state index contributed by atoms with van der Waals surface area (Å²) in [5.74, 6) is -0.315. The van der Waals surface area contributed by atoms with Crippen molar-refractivity contribution in [2.24, 2.45) is 0 Å². The van der Waals surface area contributed by atoms with E-state index in [0.717, 1.165) is 12.1 Å². The van der Waals surface area contributed by atoms with Gasteiger partial charge >= 0.3 is 6.18 Å². The Labute approximate surface area is 173 Å². The Morgan fingerprint density at radius 2 is 1.67 bits per heavy atom. The van der Waals surface area contributed by atoms with Crippen molar-refractivity contribution in [2.75, 3.05) is 31.1 Å². The van der Waals surface area contributed by atoms with Gasteiger partial charge in [0.25, 0.3) is 5.91 Å². The lowest BCUT2D eigenvalue weighted by molar-refractivity contribution is -0.137. The van der Waals surface area contributed by atoms with Crippen LogP contribution in [0.1, 0.15) is 29.3 Å². The highest BCUT2D eigenvalue weighted by molar-refractivity contribution is 5.94. The van der Waals surface area contributed by atoms with Gasteiger partial charge in [-0.25, -0.2) is 0 Å². The molecule has 1 aliphatic heterocycles. The zero-order chi connectivity index (χ0) is 21.7. The highest BCUT2D eigenvalue weighted by Gasteiger charge is 2.31. The van der Waals surface area contributed by atoms with Crippen molar-refractivity contribution in [1.29, 1.82) is 0 Å². The summed E-state index contributed by atoms with van der Waals surface area (Å²) >= 11 is 0. The van der Waals surface area contributed by atoms with Gasteiger partial charge in [0, 0.05) is 49.9 Å². The van der Waals surface area contributed by atoms with Crippen LogP contribution in [0.4, 0.5) is 18.9 Å². The number of nitrogens with one attached hydrogen (secondary N) is 1. The Kier molecular flexibility index (Phi) is 6.64. The van der Waals surface area contributed by atoms with Gasteiger partial charge in [-0.1, -0.05) is 24.3 Å². The van der Waals surface area contributed by atoms with E-state index in [9.17, 15) is 22.8 Å². The Balaban J connectivity index is 1.50. The van der Waals surface area contributed by atoms with Crippen LogP contribution in [0.2, 0.25) is 0 Å². The molecule has 1 atom stereocenters. The molecule has 1 N–H and O–H groups in total. The quantitative estimate of drug-likeness (QED) is 0.806. The molecule has 0 aromatic heterocycles. The van der Waals surface area contributed by atoms with Crippen molar-refractivity contribution >= 4 is 17.5 Å². The van der Waals surface area contributed by atoms with E-state index in [1.165, 1.54) is 6.07 Å². The molecular weight excluding hydrogens is 395 g/mol. The first-order chi connectivity index (χ1) is 14.2. The molecule has 2 aromatic rings. The summed E-state index contributed by atoms with van der Waals surface area (Å²) in [6, 6.07) is 13.7. The zero-order valence-corrected chi connectivity index (χ0v) is 16.7. The van der Waals surface area contributed by atoms with Crippen molar-refractivity contribution in [2.45, 2.75) is 25.6 Å². The number of carbonyl (C=O) groups is 2. The summed E-state index contributed by atoms with van der Waals surface area (Å²) in [5.41, 5.74) is 0.355. The average Bonchev–Trinajstić information content (AvgIpc) is 2.74. The van der Waals surface area contributed by atoms with Gasteiger partial charge in [-0.05, 0) is 37.3 Å². The zero-order valence-electron chi connectivity index (χ0n) is 16.7. The second kappa shape index (κ2) is 9.19. The maximum absolute atomic E-state index is 12.9. The third-order valence-electron chi connectivity index (χ3n) is 5.07. The Hall–Kier alpha value is -3.03. The molecule has 1 saturated heterocycles. The number of hydrogen-bond acceptors (Lipinski definition) is 3. The van der Waals surface area contributed by atoms with Gasteiger partial charge in [0.05, 0.1) is 5.56 Å². The number of anilines is 1. The maximum atomic E-state index is 12.9. The number of amides is 2. The predicted molar refractivity (Wildman–Crippen MR) is 108 cm³/mol. The number of halogens is 3. The largest absolute Gasteiger partial charge is 0.416 e. The van der Waals surface area contributed by atoms with E-state index in [1.807, 2.05) is 11.0 Å². The van der Waals surface area contributed by atoms with Crippen LogP contribution in [-0.2, 0) is 11.0 Å². The smallest absolute Gasteiger partial charge is 0.368 e. The van der Waals surface area contributed by atoms with E-state index in [4.69, 9.17) is 0 Å². The molecule has 8 heteroatoms. The Morgan fingerprint density at radius 3 is 2.30 bits per heavy atom. The van der Waals surface area contributed by atoms with Crippen LogP contribution in [0, 0.1) is 0 Å². The fraction of sp³-hybridized carbons (Fsp3) is 0.364. The molecule has 1 heterocycles. The lowest BCUT2D eigenvalue weighted by Gasteiger charge is -2.36. The minimum atomic E-state index is -4.38. The van der Waals surface area contributed by atoms with E-state index in [1.54, 1.807) is 42.2 Å². The molecule has 1 aliphatic rings. The summed E-state index contributed by atoms with van der Waals surface area (Å²) in [7, 11) is 0. The number of alkyl halides is 3. The fourth-order valence-corrected chi connectivity index (χ4v) is 3.43. The van der Waals surface area contributed by atoms with E-state index in [-0.39, 0.29) is 24.3 Å². The topological polar surface area (TPSA) is 52.7 Å². The molecule has 1 unspecified atom stereocenters. The lowest BCUT2D eigenvalue weighted by Crippen LogP contribution is -2.50. The minimum absolute atomic E-state index is 0.0837. The van der Waals surface area contributed by atoms with Gasteiger partial charge in [-0.15, -0.1) is 0 Å². The van der Waals surface area contributed by atoms with Crippen LogP contribution < -0.4 is 10.2 Å². The molecule has 0 aliphatic carbocycles. The van der Waals surface area contributed by atoms with Crippen molar-refractivity contribution < 1.29 is 22.8 Å². The minimum Gasteiger partial charge on any atom is -0.368 e. The summed E-state index contributed by atoms with van der Waals surface area (Å²) in [6.07, 6.45) is -4.21. The van der Waals surface area contributed by atoms with Crippen LogP contribution in [-0.4, -0.2) is 48.9 Å². The highest BCUT2D eigenvalue weighted by Crippen LogP contribution is 2.31. The highest BCUT2D eigenvalue weighted by atomic mass is 19.4. The van der Waals surface area contributed by atoms with Crippen LogP contribution >= 0.6 is 0 Å². The first-order valence-electron chi connectivity index (χ1n) is 9.80. The average molecular weight is 419 g/mol. The number of rotatable bonds is 5. The summed E-state index contributed by atoms with van der Waals surface area (Å²) in [5, 5.41) is 2.82. The van der Waals surface area contributed by atoms with Crippen LogP contribution in [0.15, 0.2) is 54.6 Å². The summed E-state index contributed by atoms with van der Waals surface area (Å²) in [4.78, 5) is 28.3. The van der Waals surface area contributed by atoms with Crippen LogP contribution in [0.25, 0.3) is 0 Å². The fourth-order valence-electron chi connectivity index (χ4n) is 3.43. The molecule has 2 aromatic carbocycles. The number of nitrogens with zero attached hydrogens (tertiary/aromatic N) is 2. The predicted octanol–water partition coefficient (Wildman–Crippen LogP) is 3.56. The van der Waals surface area contributed by atoms with Crippen molar-refractivity contribution in [3.05, 3.63) is 65.7 Å². The van der Waals surface area contributed by atoms with Gasteiger partial charge in [-0.2, -0.15) is 13.2 Å². The third-order valence-corrected chi connectivity index (χ3v) is 5.07. The van der Waals surface area contributed by atoms with Crippen molar-refractivity contribution in [3.63, 3.8) is 0 Å². The number of hydrogen-bond donors (Lipinski definition) is 1. The van der Waals surface area contributed by atoms with Crippen LogP contribution in [0.3, 0.4) is 0 Å². The van der Waals surface area contributed by atoms with Crippen molar-refractivity contribution in [3.8, 4) is 0 Å². The molecule has 30 heavy (non-hydrogen) atoms. The molecule has 1 fully saturated rings. The van der Waals surface area contributed by atoms with Gasteiger partial charge < -0.3 is 15.1 Å². The van der Waals surface area contributed by atoms with Crippen LogP contribution in [0.5, 0.6) is 0 Å². The number of carbonyl (C=O) groups excluding carboxylic acids is 2. The molecule has 2 amide bonds. The van der Waals surface area contributed by atoms with Crippen molar-refractivity contribution in [1.82, 2.24) is 10.2 Å². The van der Waals surface area contributed by atoms with E-state index in [0.29, 0.717) is 37.4 Å². The Bertz CT molecular complexity index is 879. The normalized spacial score (nSPS) is 15.6. The first kappa shape index (κ1) is 21.7. The molecule has 3 rings (SSSR count). The monoisotopic (exact) mass is 419 g/mol. The molecule has 5 nitrogen and oxygen atoms in total. The molecule has 0 bridgehead atoms. The molecular formula is C22H24F3N3O2. The van der Waals surface area contributed by atoms with Gasteiger partial charge in [0.1, 0.15) is 0 Å². The standard InChI is InChI=1S/C22H24F3N3O2/c1-16(26-21(30)17-6-3-2-4-7-17)14-20(29)28-12-10-27(11-13-28)19-9-5-8-18(15-19)22(23,24)25/h2-9,15-16H,10-14H2,1H3,(H,26,30). The van der Waals surface area contributed by atoms with Gasteiger partial charge in [0.2, 0.25) is 5.91 Å². The van der Waals surface area contributed by atoms with E-state index in [2.05, 4.69) is 5.32 Å². The third kappa shape index (κ3) is 5.52. The van der Waals surface area contributed by atoms with E-state index < -0.39 is 11.7 Å². The molecule has 0 saturated carbocycles. The first-order valence-corrected chi connectivity index (χ1v) is 9.80. The lowest BCUT2D eigenvalue weighted by atomic mass is 10.1. The molecule has 0 spiro atoms. The van der Waals surface area contributed by atoms with Gasteiger partial charge in [0.15, 0.2) is 0 Å². The number of piperazine rings is 1. The van der Waals surface area contributed by atoms with E-state index >= 15 is 0 Å². The molecule has 160 valence electrons. The summed E-state index contributed by atoms with van der Waals surface area (Å²) in [6.45, 7) is 3.54. The van der Waals surface area contributed by atoms with Gasteiger partial charge in [-0.3, -0.25) is 9.59 Å². The second-order valence-corrected chi connectivity index (χ2v) is 7.36.